The van der Waals surface area contributed by atoms with Crippen molar-refractivity contribution in [1.29, 1.82) is 0 Å². The van der Waals surface area contributed by atoms with Gasteiger partial charge in [0.15, 0.2) is 0 Å². The van der Waals surface area contributed by atoms with Gasteiger partial charge in [0, 0.05) is 9.92 Å². The molecule has 0 aliphatic carbocycles. The fourth-order valence-electron chi connectivity index (χ4n) is 1.73. The number of anilines is 1. The Kier molecular flexibility index (Phi) is 5.57. The third-order valence-electron chi connectivity index (χ3n) is 2.88. The topological polar surface area (TPSA) is 29.1 Å². The van der Waals surface area contributed by atoms with Gasteiger partial charge in [-0.15, -0.1) is 11.8 Å². The largest absolute Gasteiger partial charge is 0.324 e. The van der Waals surface area contributed by atoms with Crippen LogP contribution in [0, 0.1) is 6.92 Å². The molecule has 1 amide bonds. The first-order valence-corrected chi connectivity index (χ1v) is 8.08. The smallest absolute Gasteiger partial charge is 0.237 e. The van der Waals surface area contributed by atoms with Crippen molar-refractivity contribution in [3.05, 3.63) is 58.1 Å². The van der Waals surface area contributed by atoms with Crippen molar-refractivity contribution in [2.75, 3.05) is 5.32 Å². The van der Waals surface area contributed by atoms with Crippen LogP contribution in [0.15, 0.2) is 47.4 Å². The minimum Gasteiger partial charge on any atom is -0.324 e. The zero-order valence-electron chi connectivity index (χ0n) is 11.7. The van der Waals surface area contributed by atoms with Gasteiger partial charge < -0.3 is 5.32 Å². The first kappa shape index (κ1) is 16.2. The Balaban J connectivity index is 2.00. The Bertz CT molecular complexity index is 643. The zero-order valence-corrected chi connectivity index (χ0v) is 14.0. The number of amides is 1. The maximum Gasteiger partial charge on any atom is 0.237 e. The average Bonchev–Trinajstić information content (AvgIpc) is 2.44. The van der Waals surface area contributed by atoms with Gasteiger partial charge in [0.1, 0.15) is 0 Å². The van der Waals surface area contributed by atoms with E-state index in [4.69, 9.17) is 23.2 Å². The predicted octanol–water partition coefficient (Wildman–Crippen LogP) is 5.42. The summed E-state index contributed by atoms with van der Waals surface area (Å²) in [6.07, 6.45) is 0. The van der Waals surface area contributed by atoms with Crippen molar-refractivity contribution >= 4 is 46.6 Å². The molecule has 5 heteroatoms. The fraction of sp³-hybridized carbons (Fsp3) is 0.188. The number of carbonyl (C=O) groups is 1. The summed E-state index contributed by atoms with van der Waals surface area (Å²) in [6.45, 7) is 3.81. The second-order valence-electron chi connectivity index (χ2n) is 4.69. The van der Waals surface area contributed by atoms with Crippen LogP contribution in [0.3, 0.4) is 0 Å². The van der Waals surface area contributed by atoms with Crippen LogP contribution >= 0.6 is 35.0 Å². The highest BCUT2D eigenvalue weighted by atomic mass is 35.5. The Morgan fingerprint density at radius 2 is 1.81 bits per heavy atom. The summed E-state index contributed by atoms with van der Waals surface area (Å²) in [7, 11) is 0. The van der Waals surface area contributed by atoms with Gasteiger partial charge in [-0.3, -0.25) is 4.79 Å². The van der Waals surface area contributed by atoms with Gasteiger partial charge in [0.05, 0.1) is 16.0 Å². The van der Waals surface area contributed by atoms with Crippen LogP contribution in [0.5, 0.6) is 0 Å². The molecule has 0 spiro atoms. The van der Waals surface area contributed by atoms with Crippen LogP contribution in [0.1, 0.15) is 12.5 Å². The summed E-state index contributed by atoms with van der Waals surface area (Å²) >= 11 is 13.4. The van der Waals surface area contributed by atoms with E-state index in [1.807, 2.05) is 56.3 Å². The molecule has 0 heterocycles. The standard InChI is InChI=1S/C16H15Cl2NOS/c1-10-3-8-15(14(18)9-10)19-16(20)11(2)21-13-6-4-12(17)5-7-13/h3-9,11H,1-2H3,(H,19,20). The SMILES string of the molecule is Cc1ccc(NC(=O)C(C)Sc2ccc(Cl)cc2)c(Cl)c1. The molecule has 0 fully saturated rings. The number of hydrogen-bond donors (Lipinski definition) is 1. The molecular weight excluding hydrogens is 325 g/mol. The van der Waals surface area contributed by atoms with Gasteiger partial charge in [-0.2, -0.15) is 0 Å². The minimum atomic E-state index is -0.233. The summed E-state index contributed by atoms with van der Waals surface area (Å²) in [5.41, 5.74) is 1.69. The van der Waals surface area contributed by atoms with Gasteiger partial charge >= 0.3 is 0 Å². The summed E-state index contributed by atoms with van der Waals surface area (Å²) in [5, 5.41) is 3.85. The van der Waals surface area contributed by atoms with Crippen LogP contribution in [0.4, 0.5) is 5.69 Å². The first-order valence-electron chi connectivity index (χ1n) is 6.45. The highest BCUT2D eigenvalue weighted by Gasteiger charge is 2.15. The summed E-state index contributed by atoms with van der Waals surface area (Å²) in [5.74, 6) is -0.0827. The molecule has 0 aromatic heterocycles. The average molecular weight is 340 g/mol. The fourth-order valence-corrected chi connectivity index (χ4v) is 3.00. The lowest BCUT2D eigenvalue weighted by molar-refractivity contribution is -0.115. The van der Waals surface area contributed by atoms with Crippen molar-refractivity contribution in [3.63, 3.8) is 0 Å². The third kappa shape index (κ3) is 4.67. The second-order valence-corrected chi connectivity index (χ2v) is 6.94. The Labute approximate surface area is 138 Å². The molecular formula is C16H15Cl2NOS. The molecule has 1 N–H and O–H groups in total. The van der Waals surface area contributed by atoms with E-state index in [0.717, 1.165) is 10.5 Å². The number of rotatable bonds is 4. The number of hydrogen-bond acceptors (Lipinski definition) is 2. The maximum atomic E-state index is 12.2. The van der Waals surface area contributed by atoms with Crippen LogP contribution < -0.4 is 5.32 Å². The molecule has 110 valence electrons. The van der Waals surface area contributed by atoms with Gasteiger partial charge in [-0.25, -0.2) is 0 Å². The Hall–Kier alpha value is -1.16. The number of nitrogens with one attached hydrogen (secondary N) is 1. The maximum absolute atomic E-state index is 12.2. The van der Waals surface area contributed by atoms with E-state index in [2.05, 4.69) is 5.32 Å². The molecule has 0 aliphatic rings. The number of halogens is 2. The van der Waals surface area contributed by atoms with Gasteiger partial charge in [-0.05, 0) is 55.8 Å². The summed E-state index contributed by atoms with van der Waals surface area (Å²) in [6, 6.07) is 13.0. The lowest BCUT2D eigenvalue weighted by atomic mass is 10.2. The highest BCUT2D eigenvalue weighted by Crippen LogP contribution is 2.27. The van der Waals surface area contributed by atoms with Crippen molar-refractivity contribution in [2.24, 2.45) is 0 Å². The van der Waals surface area contributed by atoms with E-state index in [0.29, 0.717) is 15.7 Å². The van der Waals surface area contributed by atoms with Crippen LogP contribution in [-0.2, 0) is 4.79 Å². The zero-order chi connectivity index (χ0) is 15.4. The van der Waals surface area contributed by atoms with E-state index in [-0.39, 0.29) is 11.2 Å². The molecule has 2 aromatic rings. The van der Waals surface area contributed by atoms with Crippen LogP contribution in [0.25, 0.3) is 0 Å². The summed E-state index contributed by atoms with van der Waals surface area (Å²) in [4.78, 5) is 13.2. The van der Waals surface area contributed by atoms with Gasteiger partial charge in [0.25, 0.3) is 0 Å². The number of thioether (sulfide) groups is 1. The van der Waals surface area contributed by atoms with E-state index in [1.165, 1.54) is 11.8 Å². The quantitative estimate of drug-likeness (QED) is 0.753. The lowest BCUT2D eigenvalue weighted by Crippen LogP contribution is -2.22. The van der Waals surface area contributed by atoms with Gasteiger partial charge in [0.2, 0.25) is 5.91 Å². The van der Waals surface area contributed by atoms with E-state index in [1.54, 1.807) is 0 Å². The van der Waals surface area contributed by atoms with Crippen molar-refractivity contribution < 1.29 is 4.79 Å². The predicted molar refractivity (Wildman–Crippen MR) is 91.6 cm³/mol. The van der Waals surface area contributed by atoms with Crippen molar-refractivity contribution in [1.82, 2.24) is 0 Å². The Morgan fingerprint density at radius 3 is 2.43 bits per heavy atom. The Morgan fingerprint density at radius 1 is 1.14 bits per heavy atom. The van der Waals surface area contributed by atoms with E-state index in [9.17, 15) is 4.79 Å². The first-order chi connectivity index (χ1) is 9.95. The molecule has 0 saturated heterocycles. The molecule has 0 radical (unpaired) electrons. The normalized spacial score (nSPS) is 12.0. The summed E-state index contributed by atoms with van der Waals surface area (Å²) < 4.78 is 0. The number of benzene rings is 2. The highest BCUT2D eigenvalue weighted by molar-refractivity contribution is 8.00. The monoisotopic (exact) mass is 339 g/mol. The molecule has 1 atom stereocenters. The molecule has 2 rings (SSSR count). The minimum absolute atomic E-state index is 0.0827. The number of carbonyl (C=O) groups excluding carboxylic acids is 1. The number of aryl methyl sites for hydroxylation is 1. The molecule has 2 aromatic carbocycles. The van der Waals surface area contributed by atoms with Gasteiger partial charge in [-0.1, -0.05) is 29.3 Å². The van der Waals surface area contributed by atoms with Crippen molar-refractivity contribution in [2.45, 2.75) is 24.0 Å². The van der Waals surface area contributed by atoms with Crippen molar-refractivity contribution in [3.8, 4) is 0 Å². The third-order valence-corrected chi connectivity index (χ3v) is 4.55. The molecule has 1 unspecified atom stereocenters. The molecule has 2 nitrogen and oxygen atoms in total. The van der Waals surface area contributed by atoms with E-state index >= 15 is 0 Å². The molecule has 0 aliphatic heterocycles. The second kappa shape index (κ2) is 7.21. The lowest BCUT2D eigenvalue weighted by Gasteiger charge is -2.13. The molecule has 0 saturated carbocycles. The van der Waals surface area contributed by atoms with Crippen LogP contribution in [0.2, 0.25) is 10.0 Å². The molecule has 0 bridgehead atoms. The molecule has 21 heavy (non-hydrogen) atoms. The van der Waals surface area contributed by atoms with E-state index < -0.39 is 0 Å². The van der Waals surface area contributed by atoms with Crippen LogP contribution in [-0.4, -0.2) is 11.2 Å².